The number of aromatic nitrogens is 2. The minimum atomic E-state index is -0.177. The number of amides is 2. The molecule has 22 heavy (non-hydrogen) atoms. The zero-order valence-corrected chi connectivity index (χ0v) is 12.8. The van der Waals surface area contributed by atoms with E-state index in [1.807, 2.05) is 5.01 Å². The molecule has 3 N–H and O–H groups in total. The fraction of sp³-hybridized carbons (Fsp3) is 0.643. The smallest absolute Gasteiger partial charge is 0.336 e. The molecule has 0 saturated carbocycles. The van der Waals surface area contributed by atoms with E-state index in [1.165, 1.54) is 0 Å². The first kappa shape index (κ1) is 14.8. The van der Waals surface area contributed by atoms with Gasteiger partial charge in [-0.05, 0) is 19.3 Å². The molecule has 8 heteroatoms. The third kappa shape index (κ3) is 2.92. The lowest BCUT2D eigenvalue weighted by Crippen LogP contribution is -2.49. The minimum Gasteiger partial charge on any atom is -0.463 e. The lowest BCUT2D eigenvalue weighted by molar-refractivity contribution is 0.0325. The zero-order chi connectivity index (χ0) is 15.5. The first-order valence-electron chi connectivity index (χ1n) is 7.81. The maximum Gasteiger partial charge on any atom is 0.336 e. The van der Waals surface area contributed by atoms with Crippen LogP contribution in [0.1, 0.15) is 38.3 Å². The van der Waals surface area contributed by atoms with Crippen LogP contribution in [-0.4, -0.2) is 45.7 Å². The second-order valence-electron chi connectivity index (χ2n) is 5.56. The predicted molar refractivity (Wildman–Crippen MR) is 82.2 cm³/mol. The summed E-state index contributed by atoms with van der Waals surface area (Å²) in [7, 11) is 0. The van der Waals surface area contributed by atoms with Gasteiger partial charge in [0.05, 0.1) is 18.8 Å². The van der Waals surface area contributed by atoms with Crippen LogP contribution in [0.3, 0.4) is 0 Å². The summed E-state index contributed by atoms with van der Waals surface area (Å²) in [5.41, 5.74) is 7.13. The van der Waals surface area contributed by atoms with Gasteiger partial charge in [-0.15, -0.1) is 0 Å². The number of hydrazine groups is 1. The number of hydrogen-bond donors (Lipinski definition) is 2. The fourth-order valence-electron chi connectivity index (χ4n) is 2.68. The molecule has 1 saturated heterocycles. The van der Waals surface area contributed by atoms with Crippen LogP contribution in [0, 0.1) is 0 Å². The largest absolute Gasteiger partial charge is 0.463 e. The lowest BCUT2D eigenvalue weighted by Gasteiger charge is -2.35. The highest BCUT2D eigenvalue weighted by atomic mass is 16.5. The number of rotatable bonds is 5. The first-order chi connectivity index (χ1) is 10.7. The highest BCUT2D eigenvalue weighted by Gasteiger charge is 2.32. The molecule has 3 rings (SSSR count). The molecule has 0 radical (unpaired) electrons. The highest BCUT2D eigenvalue weighted by Crippen LogP contribution is 2.29. The summed E-state index contributed by atoms with van der Waals surface area (Å²) in [4.78, 5) is 20.7. The summed E-state index contributed by atoms with van der Waals surface area (Å²) >= 11 is 0. The van der Waals surface area contributed by atoms with Gasteiger partial charge in [0.15, 0.2) is 5.82 Å². The number of hydrogen-bond acceptors (Lipinski definition) is 6. The van der Waals surface area contributed by atoms with Crippen molar-refractivity contribution in [2.24, 2.45) is 0 Å². The van der Waals surface area contributed by atoms with Gasteiger partial charge in [0.2, 0.25) is 0 Å². The van der Waals surface area contributed by atoms with Crippen molar-refractivity contribution in [3.63, 3.8) is 0 Å². The number of fused-ring (bicyclic) bond motifs is 1. The molecule has 2 amide bonds. The first-order valence-corrected chi connectivity index (χ1v) is 7.81. The van der Waals surface area contributed by atoms with Crippen molar-refractivity contribution in [2.45, 2.75) is 39.2 Å². The molecular weight excluding hydrogens is 284 g/mol. The number of ether oxygens (including phenoxy) is 1. The molecule has 0 atom stereocenters. The zero-order valence-electron chi connectivity index (χ0n) is 12.8. The number of nitrogens with two attached hydrogens (primary N) is 1. The van der Waals surface area contributed by atoms with Crippen LogP contribution in [0.15, 0.2) is 0 Å². The molecule has 1 fully saturated rings. The van der Waals surface area contributed by atoms with E-state index in [0.717, 1.165) is 38.8 Å². The van der Waals surface area contributed by atoms with Crippen molar-refractivity contribution in [3.05, 3.63) is 5.69 Å². The van der Waals surface area contributed by atoms with E-state index in [2.05, 4.69) is 22.2 Å². The molecule has 0 unspecified atom stereocenters. The van der Waals surface area contributed by atoms with E-state index >= 15 is 0 Å². The number of carbonyl (C=O) groups excluding carboxylic acids is 1. The SMILES string of the molecule is CCCCOc1nc(N)c2c(n1)CN(N1CCCC1)C(=O)N2. The van der Waals surface area contributed by atoms with Gasteiger partial charge in [0, 0.05) is 13.1 Å². The van der Waals surface area contributed by atoms with Gasteiger partial charge in [0.25, 0.3) is 0 Å². The van der Waals surface area contributed by atoms with E-state index in [0.29, 0.717) is 24.5 Å². The number of nitrogens with zero attached hydrogens (tertiary/aromatic N) is 4. The van der Waals surface area contributed by atoms with Crippen LogP contribution in [0.2, 0.25) is 0 Å². The fourth-order valence-corrected chi connectivity index (χ4v) is 2.68. The van der Waals surface area contributed by atoms with Crippen molar-refractivity contribution in [1.82, 2.24) is 20.0 Å². The molecule has 2 aliphatic heterocycles. The monoisotopic (exact) mass is 306 g/mol. The topological polar surface area (TPSA) is 96.6 Å². The van der Waals surface area contributed by atoms with Crippen LogP contribution >= 0.6 is 0 Å². The Hall–Kier alpha value is -2.09. The van der Waals surface area contributed by atoms with Crippen molar-refractivity contribution < 1.29 is 9.53 Å². The number of nitrogens with one attached hydrogen (secondary N) is 1. The molecule has 2 aliphatic rings. The Morgan fingerprint density at radius 1 is 1.32 bits per heavy atom. The van der Waals surface area contributed by atoms with Gasteiger partial charge >= 0.3 is 12.0 Å². The Bertz CT molecular complexity index is 559. The quantitative estimate of drug-likeness (QED) is 0.802. The number of unbranched alkanes of at least 4 members (excludes halogenated alkanes) is 1. The summed E-state index contributed by atoms with van der Waals surface area (Å²) in [6.45, 7) is 4.84. The predicted octanol–water partition coefficient (Wildman–Crippen LogP) is 1.60. The average molecular weight is 306 g/mol. The summed E-state index contributed by atoms with van der Waals surface area (Å²) in [5, 5.41) is 6.53. The Morgan fingerprint density at radius 3 is 2.82 bits per heavy atom. The third-order valence-corrected chi connectivity index (χ3v) is 3.91. The average Bonchev–Trinajstić information content (AvgIpc) is 3.02. The van der Waals surface area contributed by atoms with E-state index in [1.54, 1.807) is 5.01 Å². The molecule has 0 aliphatic carbocycles. The van der Waals surface area contributed by atoms with Crippen LogP contribution in [0.25, 0.3) is 0 Å². The van der Waals surface area contributed by atoms with Crippen molar-refractivity contribution >= 4 is 17.5 Å². The maximum atomic E-state index is 12.2. The van der Waals surface area contributed by atoms with Gasteiger partial charge in [0.1, 0.15) is 5.69 Å². The van der Waals surface area contributed by atoms with E-state index < -0.39 is 0 Å². The highest BCUT2D eigenvalue weighted by molar-refractivity contribution is 5.94. The van der Waals surface area contributed by atoms with E-state index in [-0.39, 0.29) is 17.9 Å². The van der Waals surface area contributed by atoms with Crippen molar-refractivity contribution in [1.29, 1.82) is 0 Å². The molecule has 0 spiro atoms. The standard InChI is InChI=1S/C14H22N6O2/c1-2-3-8-22-13-16-10-9-20(19-6-4-5-7-19)14(21)17-11(10)12(15)18-13/h2-9H2,1H3,(H,17,21)(H2,15,16,18). The Morgan fingerprint density at radius 2 is 2.09 bits per heavy atom. The van der Waals surface area contributed by atoms with Gasteiger partial charge in [-0.3, -0.25) is 5.01 Å². The summed E-state index contributed by atoms with van der Waals surface area (Å²) < 4.78 is 5.53. The molecular formula is C14H22N6O2. The van der Waals surface area contributed by atoms with Gasteiger partial charge in [-0.1, -0.05) is 13.3 Å². The van der Waals surface area contributed by atoms with Crippen LogP contribution in [0.4, 0.5) is 16.3 Å². The Balaban J connectivity index is 1.79. The maximum absolute atomic E-state index is 12.2. The van der Waals surface area contributed by atoms with Crippen LogP contribution in [0.5, 0.6) is 6.01 Å². The third-order valence-electron chi connectivity index (χ3n) is 3.91. The van der Waals surface area contributed by atoms with Gasteiger partial charge in [-0.25, -0.2) is 9.80 Å². The van der Waals surface area contributed by atoms with Crippen LogP contribution < -0.4 is 15.8 Å². The van der Waals surface area contributed by atoms with E-state index in [9.17, 15) is 4.79 Å². The van der Waals surface area contributed by atoms with Crippen molar-refractivity contribution in [2.75, 3.05) is 30.7 Å². The number of carbonyl (C=O) groups is 1. The number of urea groups is 1. The number of nitrogen functional groups attached to an aromatic ring is 1. The molecule has 0 bridgehead atoms. The second kappa shape index (κ2) is 6.35. The summed E-state index contributed by atoms with van der Waals surface area (Å²) in [5.74, 6) is 0.255. The normalized spacial score (nSPS) is 18.2. The lowest BCUT2D eigenvalue weighted by atomic mass is 10.2. The summed E-state index contributed by atoms with van der Waals surface area (Å²) in [6.07, 6.45) is 4.19. The summed E-state index contributed by atoms with van der Waals surface area (Å²) in [6, 6.07) is 0.103. The van der Waals surface area contributed by atoms with E-state index in [4.69, 9.17) is 10.5 Å². The molecule has 8 nitrogen and oxygen atoms in total. The van der Waals surface area contributed by atoms with Crippen LogP contribution in [-0.2, 0) is 6.54 Å². The second-order valence-corrected chi connectivity index (χ2v) is 5.56. The molecule has 120 valence electrons. The molecule has 1 aromatic heterocycles. The Labute approximate surface area is 129 Å². The minimum absolute atomic E-state index is 0.177. The van der Waals surface area contributed by atoms with Gasteiger partial charge < -0.3 is 15.8 Å². The van der Waals surface area contributed by atoms with Crippen molar-refractivity contribution in [3.8, 4) is 6.01 Å². The number of anilines is 2. The Kier molecular flexibility index (Phi) is 4.28. The van der Waals surface area contributed by atoms with Gasteiger partial charge in [-0.2, -0.15) is 9.97 Å². The molecule has 0 aromatic carbocycles. The molecule has 1 aromatic rings. The molecule has 3 heterocycles.